The maximum absolute atomic E-state index is 12.1. The lowest BCUT2D eigenvalue weighted by Crippen LogP contribution is -2.35. The number of aromatic amines is 1. The van der Waals surface area contributed by atoms with E-state index in [4.69, 9.17) is 0 Å². The van der Waals surface area contributed by atoms with E-state index in [0.29, 0.717) is 18.2 Å². The summed E-state index contributed by atoms with van der Waals surface area (Å²) in [5.41, 5.74) is 3.12. The Morgan fingerprint density at radius 1 is 1.15 bits per heavy atom. The molecule has 140 valence electrons. The summed E-state index contributed by atoms with van der Waals surface area (Å²) in [6, 6.07) is 11.8. The first kappa shape index (κ1) is 21.0. The number of rotatable bonds is 3. The fraction of sp³-hybridized carbons (Fsp3) is 0.0556. The number of halogens is 3. The SMILES string of the molecule is Cl.Cl.O=C1NC(NCc2ccc(Br)cc2)=NC1=Cc1c[nH]c2ncccc12. The summed E-state index contributed by atoms with van der Waals surface area (Å²) < 4.78 is 1.03. The van der Waals surface area contributed by atoms with Crippen LogP contribution in [0.5, 0.6) is 0 Å². The topological polar surface area (TPSA) is 82.2 Å². The fourth-order valence-corrected chi connectivity index (χ4v) is 2.85. The van der Waals surface area contributed by atoms with Crippen molar-refractivity contribution in [3.8, 4) is 0 Å². The van der Waals surface area contributed by atoms with Gasteiger partial charge >= 0.3 is 0 Å². The van der Waals surface area contributed by atoms with Gasteiger partial charge in [-0.05, 0) is 35.9 Å². The van der Waals surface area contributed by atoms with Crippen molar-refractivity contribution >= 4 is 69.7 Å². The third kappa shape index (κ3) is 4.68. The molecule has 3 heterocycles. The van der Waals surface area contributed by atoms with Gasteiger partial charge in [-0.1, -0.05) is 28.1 Å². The quantitative estimate of drug-likeness (QED) is 0.511. The Morgan fingerprint density at radius 3 is 2.70 bits per heavy atom. The largest absolute Gasteiger partial charge is 0.352 e. The second kappa shape index (κ2) is 9.03. The molecule has 0 aliphatic carbocycles. The number of carbonyl (C=O) groups is 1. The van der Waals surface area contributed by atoms with Crippen LogP contribution in [0.1, 0.15) is 11.1 Å². The van der Waals surface area contributed by atoms with E-state index in [1.807, 2.05) is 42.6 Å². The Kier molecular flexibility index (Phi) is 7.01. The molecule has 0 saturated carbocycles. The summed E-state index contributed by atoms with van der Waals surface area (Å²) in [7, 11) is 0. The van der Waals surface area contributed by atoms with Gasteiger partial charge in [0.2, 0.25) is 5.96 Å². The molecule has 9 heteroatoms. The van der Waals surface area contributed by atoms with Gasteiger partial charge < -0.3 is 10.3 Å². The number of H-pyrrole nitrogens is 1. The molecule has 27 heavy (non-hydrogen) atoms. The van der Waals surface area contributed by atoms with Crippen molar-refractivity contribution in [3.05, 3.63) is 70.1 Å². The number of nitrogens with one attached hydrogen (secondary N) is 3. The molecular weight excluding hydrogens is 453 g/mol. The van der Waals surface area contributed by atoms with Crippen molar-refractivity contribution in [1.82, 2.24) is 20.6 Å². The second-order valence-corrected chi connectivity index (χ2v) is 6.48. The molecule has 0 atom stereocenters. The predicted octanol–water partition coefficient (Wildman–Crippen LogP) is 3.79. The van der Waals surface area contributed by atoms with Crippen molar-refractivity contribution in [2.24, 2.45) is 4.99 Å². The Morgan fingerprint density at radius 2 is 1.93 bits per heavy atom. The molecule has 0 unspecified atom stereocenters. The first-order chi connectivity index (χ1) is 12.2. The summed E-state index contributed by atoms with van der Waals surface area (Å²) >= 11 is 3.41. The van der Waals surface area contributed by atoms with Crippen molar-refractivity contribution in [2.75, 3.05) is 0 Å². The summed E-state index contributed by atoms with van der Waals surface area (Å²) in [6.07, 6.45) is 5.30. The predicted molar refractivity (Wildman–Crippen MR) is 115 cm³/mol. The van der Waals surface area contributed by atoms with Crippen LogP contribution in [-0.2, 0) is 11.3 Å². The van der Waals surface area contributed by atoms with E-state index < -0.39 is 0 Å². The van der Waals surface area contributed by atoms with Crippen LogP contribution in [0.15, 0.2) is 64.0 Å². The molecule has 1 aliphatic heterocycles. The molecule has 0 saturated heterocycles. The highest BCUT2D eigenvalue weighted by Crippen LogP contribution is 2.20. The van der Waals surface area contributed by atoms with Crippen molar-refractivity contribution in [2.45, 2.75) is 6.54 Å². The van der Waals surface area contributed by atoms with E-state index in [-0.39, 0.29) is 30.7 Å². The first-order valence-electron chi connectivity index (χ1n) is 7.71. The number of aromatic nitrogens is 2. The molecule has 1 aliphatic rings. The minimum atomic E-state index is -0.225. The number of carbonyl (C=O) groups excluding carboxylic acids is 1. The molecule has 2 aromatic heterocycles. The Hall–Kier alpha value is -2.35. The van der Waals surface area contributed by atoms with Crippen molar-refractivity contribution in [1.29, 1.82) is 0 Å². The molecular formula is C18H16BrCl2N5O. The van der Waals surface area contributed by atoms with E-state index in [1.54, 1.807) is 12.3 Å². The fourth-order valence-electron chi connectivity index (χ4n) is 2.58. The smallest absolute Gasteiger partial charge is 0.276 e. The summed E-state index contributed by atoms with van der Waals surface area (Å²) in [5.74, 6) is 0.230. The Labute approximate surface area is 176 Å². The number of hydrogen-bond donors (Lipinski definition) is 3. The Balaban J connectivity index is 0.00000131. The maximum atomic E-state index is 12.1. The van der Waals surface area contributed by atoms with E-state index in [9.17, 15) is 4.79 Å². The summed E-state index contributed by atoms with van der Waals surface area (Å²) in [5, 5.41) is 6.83. The molecule has 1 amide bonds. The normalized spacial score (nSPS) is 14.3. The molecule has 0 spiro atoms. The number of fused-ring (bicyclic) bond motifs is 1. The zero-order valence-electron chi connectivity index (χ0n) is 13.9. The molecule has 3 aromatic rings. The van der Waals surface area contributed by atoms with Gasteiger partial charge in [0.25, 0.3) is 5.91 Å². The van der Waals surface area contributed by atoms with Crippen molar-refractivity contribution in [3.63, 3.8) is 0 Å². The Bertz CT molecular complexity index is 1010. The van der Waals surface area contributed by atoms with Crippen LogP contribution in [-0.4, -0.2) is 21.8 Å². The number of hydrogen-bond acceptors (Lipinski definition) is 4. The van der Waals surface area contributed by atoms with Gasteiger partial charge in [-0.2, -0.15) is 0 Å². The summed E-state index contributed by atoms with van der Waals surface area (Å²) in [4.78, 5) is 23.8. The van der Waals surface area contributed by atoms with E-state index >= 15 is 0 Å². The summed E-state index contributed by atoms with van der Waals surface area (Å²) in [6.45, 7) is 0.580. The van der Waals surface area contributed by atoms with Crippen LogP contribution in [0.25, 0.3) is 17.1 Å². The number of aliphatic imine (C=N–C) groups is 1. The highest BCUT2D eigenvalue weighted by molar-refractivity contribution is 9.10. The zero-order chi connectivity index (χ0) is 17.2. The highest BCUT2D eigenvalue weighted by Gasteiger charge is 2.20. The number of amides is 1. The lowest BCUT2D eigenvalue weighted by atomic mass is 10.2. The average Bonchev–Trinajstić information content (AvgIpc) is 3.19. The van der Waals surface area contributed by atoms with Gasteiger partial charge in [0.15, 0.2) is 0 Å². The molecule has 0 fully saturated rings. The van der Waals surface area contributed by atoms with Crippen LogP contribution in [0.2, 0.25) is 0 Å². The lowest BCUT2D eigenvalue weighted by molar-refractivity contribution is -0.115. The van der Waals surface area contributed by atoms with Gasteiger partial charge in [-0.25, -0.2) is 9.98 Å². The third-order valence-corrected chi connectivity index (χ3v) is 4.37. The highest BCUT2D eigenvalue weighted by atomic mass is 79.9. The van der Waals surface area contributed by atoms with E-state index in [1.165, 1.54) is 0 Å². The van der Waals surface area contributed by atoms with Gasteiger partial charge in [0.05, 0.1) is 0 Å². The monoisotopic (exact) mass is 467 g/mol. The second-order valence-electron chi connectivity index (χ2n) is 5.57. The molecule has 3 N–H and O–H groups in total. The third-order valence-electron chi connectivity index (χ3n) is 3.85. The van der Waals surface area contributed by atoms with Crippen LogP contribution < -0.4 is 10.6 Å². The number of benzene rings is 1. The molecule has 1 aromatic carbocycles. The van der Waals surface area contributed by atoms with Gasteiger partial charge in [0, 0.05) is 34.4 Å². The standard InChI is InChI=1S/C18H14BrN5O.2ClH/c19-13-5-3-11(4-6-13)9-22-18-23-15(17(25)24-18)8-12-10-21-16-14(12)2-1-7-20-16;;/h1-8,10H,9H2,(H,20,21)(H2,22,23,24,25);2*1H. The minimum Gasteiger partial charge on any atom is -0.352 e. The number of guanidine groups is 1. The maximum Gasteiger partial charge on any atom is 0.276 e. The number of pyridine rings is 1. The van der Waals surface area contributed by atoms with Crippen LogP contribution in [0.3, 0.4) is 0 Å². The molecule has 0 bridgehead atoms. The number of nitrogens with zero attached hydrogens (tertiary/aromatic N) is 2. The molecule has 4 rings (SSSR count). The van der Waals surface area contributed by atoms with Crippen LogP contribution in [0, 0.1) is 0 Å². The molecule has 6 nitrogen and oxygen atoms in total. The van der Waals surface area contributed by atoms with E-state index in [2.05, 4.69) is 41.5 Å². The van der Waals surface area contributed by atoms with Gasteiger partial charge in [0.1, 0.15) is 11.3 Å². The van der Waals surface area contributed by atoms with Gasteiger partial charge in [-0.3, -0.25) is 10.1 Å². The minimum absolute atomic E-state index is 0. The lowest BCUT2D eigenvalue weighted by Gasteiger charge is -2.05. The van der Waals surface area contributed by atoms with Crippen molar-refractivity contribution < 1.29 is 4.79 Å². The van der Waals surface area contributed by atoms with Gasteiger partial charge in [-0.15, -0.1) is 24.8 Å². The first-order valence-corrected chi connectivity index (χ1v) is 8.50. The van der Waals surface area contributed by atoms with E-state index in [0.717, 1.165) is 26.6 Å². The average molecular weight is 469 g/mol. The van der Waals surface area contributed by atoms with Crippen LogP contribution in [0.4, 0.5) is 0 Å². The molecule has 0 radical (unpaired) electrons. The zero-order valence-corrected chi connectivity index (χ0v) is 17.1. The van der Waals surface area contributed by atoms with Crippen LogP contribution >= 0.6 is 40.7 Å².